The number of hydrogen-bond donors (Lipinski definition) is 2. The smallest absolute Gasteiger partial charge is 0.321 e. The lowest BCUT2D eigenvalue weighted by atomic mass is 9.94. The molecule has 3 rings (SSSR count). The molecular weight excluding hydrogens is 426 g/mol. The number of carbonyl (C=O) groups excluding carboxylic acids is 5. The van der Waals surface area contributed by atoms with Gasteiger partial charge in [-0.2, -0.15) is 0 Å². The van der Waals surface area contributed by atoms with E-state index in [-0.39, 0.29) is 19.4 Å². The van der Waals surface area contributed by atoms with Crippen molar-refractivity contribution in [1.82, 2.24) is 15.5 Å². The Bertz CT molecular complexity index is 1080. The molecule has 0 saturated carbocycles. The normalized spacial score (nSPS) is 14.1. The minimum Gasteiger partial charge on any atom is -0.453 e. The molecule has 0 bridgehead atoms. The summed E-state index contributed by atoms with van der Waals surface area (Å²) in [5.41, 5.74) is 0.368. The van der Waals surface area contributed by atoms with E-state index >= 15 is 0 Å². The molecule has 0 spiro atoms. The number of urea groups is 1. The molecule has 9 nitrogen and oxygen atoms in total. The molecule has 1 atom stereocenters. The molecule has 0 radical (unpaired) electrons. The Kier molecular flexibility index (Phi) is 6.81. The summed E-state index contributed by atoms with van der Waals surface area (Å²) in [6, 6.07) is 9.89. The molecule has 0 aliphatic carbocycles. The lowest BCUT2D eigenvalue weighted by molar-refractivity contribution is -0.154. The Morgan fingerprint density at radius 3 is 2.12 bits per heavy atom. The van der Waals surface area contributed by atoms with Crippen molar-refractivity contribution < 1.29 is 28.7 Å². The van der Waals surface area contributed by atoms with Crippen LogP contribution in [-0.4, -0.2) is 52.8 Å². The van der Waals surface area contributed by atoms with Gasteiger partial charge in [0, 0.05) is 35.0 Å². The van der Waals surface area contributed by atoms with E-state index in [2.05, 4.69) is 10.6 Å². The highest BCUT2D eigenvalue weighted by Crippen LogP contribution is 2.30. The third-order valence-electron chi connectivity index (χ3n) is 5.02. The first-order valence-electron chi connectivity index (χ1n) is 10.7. The summed E-state index contributed by atoms with van der Waals surface area (Å²) in [5, 5.41) is 6.14. The third-order valence-corrected chi connectivity index (χ3v) is 5.02. The zero-order valence-corrected chi connectivity index (χ0v) is 19.1. The fourth-order valence-electron chi connectivity index (χ4n) is 3.56. The number of carbonyl (C=O) groups is 5. The van der Waals surface area contributed by atoms with Crippen LogP contribution in [-0.2, 0) is 14.3 Å². The minimum atomic E-state index is -1.18. The second kappa shape index (κ2) is 9.40. The predicted molar refractivity (Wildman–Crippen MR) is 121 cm³/mol. The van der Waals surface area contributed by atoms with Gasteiger partial charge in [-0.15, -0.1) is 0 Å². The van der Waals surface area contributed by atoms with Crippen molar-refractivity contribution in [3.05, 3.63) is 47.5 Å². The molecule has 0 saturated heterocycles. The Hall–Kier alpha value is -3.75. The Balaban J connectivity index is 1.53. The van der Waals surface area contributed by atoms with Crippen molar-refractivity contribution in [2.45, 2.75) is 52.2 Å². The third kappa shape index (κ3) is 5.54. The van der Waals surface area contributed by atoms with E-state index in [9.17, 15) is 24.0 Å². The monoisotopic (exact) mass is 453 g/mol. The van der Waals surface area contributed by atoms with E-state index in [0.717, 1.165) is 10.3 Å². The van der Waals surface area contributed by atoms with Crippen LogP contribution in [0.15, 0.2) is 36.4 Å². The van der Waals surface area contributed by atoms with E-state index in [0.29, 0.717) is 16.5 Å². The van der Waals surface area contributed by atoms with Gasteiger partial charge >= 0.3 is 12.0 Å². The van der Waals surface area contributed by atoms with Gasteiger partial charge in [-0.3, -0.25) is 29.4 Å². The molecule has 0 aromatic heterocycles. The van der Waals surface area contributed by atoms with Crippen LogP contribution < -0.4 is 10.6 Å². The molecule has 2 aromatic rings. The molecule has 2 aromatic carbocycles. The summed E-state index contributed by atoms with van der Waals surface area (Å²) in [7, 11) is 0. The van der Waals surface area contributed by atoms with Crippen molar-refractivity contribution in [1.29, 1.82) is 0 Å². The van der Waals surface area contributed by atoms with Crippen LogP contribution in [0.3, 0.4) is 0 Å². The number of amides is 5. The quantitative estimate of drug-likeness (QED) is 0.512. The molecule has 1 aliphatic rings. The second-order valence-electron chi connectivity index (χ2n) is 8.90. The molecule has 1 unspecified atom stereocenters. The van der Waals surface area contributed by atoms with Crippen molar-refractivity contribution in [3.8, 4) is 0 Å². The number of benzene rings is 2. The maximum atomic E-state index is 12.9. The van der Waals surface area contributed by atoms with Crippen LogP contribution in [0.1, 0.15) is 61.3 Å². The SMILES string of the molecule is CC(OC(=O)CCCN1C(=O)c2cccc3cccc(c23)C1=O)C(=O)NC(=O)NC(C)(C)C. The van der Waals surface area contributed by atoms with Gasteiger partial charge < -0.3 is 10.1 Å². The molecular formula is C24H27N3O6. The number of nitrogens with one attached hydrogen (secondary N) is 2. The van der Waals surface area contributed by atoms with Crippen LogP contribution in [0, 0.1) is 0 Å². The summed E-state index contributed by atoms with van der Waals surface area (Å²) in [6.07, 6.45) is -1.10. The highest BCUT2D eigenvalue weighted by Gasteiger charge is 2.32. The number of esters is 1. The molecule has 5 amide bonds. The highest BCUT2D eigenvalue weighted by atomic mass is 16.5. The Morgan fingerprint density at radius 2 is 1.58 bits per heavy atom. The largest absolute Gasteiger partial charge is 0.453 e. The van der Waals surface area contributed by atoms with E-state index < -0.39 is 41.4 Å². The fraction of sp³-hybridized carbons (Fsp3) is 0.375. The van der Waals surface area contributed by atoms with Crippen molar-refractivity contribution in [2.75, 3.05) is 6.54 Å². The summed E-state index contributed by atoms with van der Waals surface area (Å²) in [6.45, 7) is 6.67. The molecule has 1 heterocycles. The lowest BCUT2D eigenvalue weighted by Crippen LogP contribution is -2.50. The predicted octanol–water partition coefficient (Wildman–Crippen LogP) is 2.77. The first kappa shape index (κ1) is 23.9. The number of nitrogens with zero attached hydrogens (tertiary/aromatic N) is 1. The van der Waals surface area contributed by atoms with Crippen LogP contribution in [0.5, 0.6) is 0 Å². The van der Waals surface area contributed by atoms with Gasteiger partial charge in [-0.1, -0.05) is 24.3 Å². The number of imide groups is 2. The van der Waals surface area contributed by atoms with Crippen LogP contribution in [0.4, 0.5) is 4.79 Å². The summed E-state index contributed by atoms with van der Waals surface area (Å²) < 4.78 is 5.07. The molecule has 2 N–H and O–H groups in total. The summed E-state index contributed by atoms with van der Waals surface area (Å²) >= 11 is 0. The summed E-state index contributed by atoms with van der Waals surface area (Å²) in [4.78, 5) is 62.8. The molecule has 33 heavy (non-hydrogen) atoms. The second-order valence-corrected chi connectivity index (χ2v) is 8.90. The standard InChI is InChI=1S/C24H27N3O6/c1-14(20(29)25-23(32)26-24(2,3)4)33-18(28)12-7-13-27-21(30)16-10-5-8-15-9-6-11-17(19(15)16)22(27)31/h5-6,8-11,14H,7,12-13H2,1-4H3,(H2,25,26,29,32). The van der Waals surface area contributed by atoms with Crippen molar-refractivity contribution >= 4 is 40.5 Å². The minimum absolute atomic E-state index is 0.0338. The van der Waals surface area contributed by atoms with Gasteiger partial charge in [0.05, 0.1) is 0 Å². The number of rotatable bonds is 6. The molecule has 174 valence electrons. The van der Waals surface area contributed by atoms with E-state index in [1.807, 2.05) is 12.1 Å². The zero-order chi connectivity index (χ0) is 24.3. The number of ether oxygens (including phenoxy) is 1. The summed E-state index contributed by atoms with van der Waals surface area (Å²) in [5.74, 6) is -2.24. The van der Waals surface area contributed by atoms with E-state index in [1.54, 1.807) is 45.0 Å². The topological polar surface area (TPSA) is 122 Å². The molecule has 0 fully saturated rings. The maximum Gasteiger partial charge on any atom is 0.321 e. The van der Waals surface area contributed by atoms with Gasteiger partial charge in [0.25, 0.3) is 17.7 Å². The van der Waals surface area contributed by atoms with E-state index in [4.69, 9.17) is 4.74 Å². The Labute approximate surface area is 191 Å². The molecule has 9 heteroatoms. The average molecular weight is 453 g/mol. The van der Waals surface area contributed by atoms with Gasteiger partial charge in [0.15, 0.2) is 6.10 Å². The van der Waals surface area contributed by atoms with Crippen molar-refractivity contribution in [3.63, 3.8) is 0 Å². The van der Waals surface area contributed by atoms with Crippen molar-refractivity contribution in [2.24, 2.45) is 0 Å². The first-order valence-corrected chi connectivity index (χ1v) is 10.7. The molecule has 1 aliphatic heterocycles. The highest BCUT2D eigenvalue weighted by molar-refractivity contribution is 6.25. The Morgan fingerprint density at radius 1 is 1.00 bits per heavy atom. The van der Waals surface area contributed by atoms with Gasteiger partial charge in [-0.25, -0.2) is 4.79 Å². The van der Waals surface area contributed by atoms with Crippen LogP contribution in [0.2, 0.25) is 0 Å². The van der Waals surface area contributed by atoms with E-state index in [1.165, 1.54) is 6.92 Å². The average Bonchev–Trinajstić information content (AvgIpc) is 2.72. The van der Waals surface area contributed by atoms with Gasteiger partial charge in [0.2, 0.25) is 0 Å². The zero-order valence-electron chi connectivity index (χ0n) is 19.1. The van der Waals surface area contributed by atoms with Crippen LogP contribution >= 0.6 is 0 Å². The lowest BCUT2D eigenvalue weighted by Gasteiger charge is -2.27. The van der Waals surface area contributed by atoms with Gasteiger partial charge in [-0.05, 0) is 51.6 Å². The van der Waals surface area contributed by atoms with Gasteiger partial charge in [0.1, 0.15) is 0 Å². The number of hydrogen-bond acceptors (Lipinski definition) is 6. The fourth-order valence-corrected chi connectivity index (χ4v) is 3.56. The van der Waals surface area contributed by atoms with Crippen LogP contribution in [0.25, 0.3) is 10.8 Å². The first-order chi connectivity index (χ1) is 15.5. The maximum absolute atomic E-state index is 12.9.